The maximum absolute atomic E-state index is 12.4. The lowest BCUT2D eigenvalue weighted by Crippen LogP contribution is -2.49. The van der Waals surface area contributed by atoms with Gasteiger partial charge in [0.25, 0.3) is 0 Å². The molecule has 0 radical (unpaired) electrons. The highest BCUT2D eigenvalue weighted by atomic mass is 16.1. The van der Waals surface area contributed by atoms with E-state index < -0.39 is 22.8 Å². The summed E-state index contributed by atoms with van der Waals surface area (Å²) in [4.78, 5) is 36.4. The van der Waals surface area contributed by atoms with Crippen LogP contribution >= 0.6 is 0 Å². The number of rotatable bonds is 1. The average Bonchev–Trinajstić information content (AvgIpc) is 2.55. The lowest BCUT2D eigenvalue weighted by molar-refractivity contribution is -0.130. The van der Waals surface area contributed by atoms with Crippen LogP contribution in [0.25, 0.3) is 0 Å². The standard InChI is InChI=1S/C15H21NO3/c1-8-10(17)7-9(13(19)12(8)16)15(4)6-5-11(18)14(15,2)3/h7-8,12H,5-6,16H2,1-4H3/t8?,12?,15-/m0/s1. The second kappa shape index (κ2) is 4.10. The van der Waals surface area contributed by atoms with E-state index in [0.717, 1.165) is 0 Å². The lowest BCUT2D eigenvalue weighted by atomic mass is 9.61. The summed E-state index contributed by atoms with van der Waals surface area (Å²) >= 11 is 0. The van der Waals surface area contributed by atoms with Gasteiger partial charge in [-0.2, -0.15) is 0 Å². The molecule has 2 unspecified atom stereocenters. The Morgan fingerprint density at radius 3 is 2.26 bits per heavy atom. The van der Waals surface area contributed by atoms with Gasteiger partial charge in [-0.3, -0.25) is 14.4 Å². The summed E-state index contributed by atoms with van der Waals surface area (Å²) in [5, 5.41) is 0. The van der Waals surface area contributed by atoms with E-state index in [1.807, 2.05) is 20.8 Å². The number of hydrogen-bond donors (Lipinski definition) is 1. The third-order valence-electron chi connectivity index (χ3n) is 5.37. The van der Waals surface area contributed by atoms with Gasteiger partial charge in [-0.25, -0.2) is 0 Å². The SMILES string of the molecule is CC1C(=O)C=C([C@]2(C)CCC(=O)C2(C)C)C(=O)C1N. The molecule has 0 amide bonds. The number of ketones is 3. The molecule has 3 atom stereocenters. The molecule has 0 aliphatic heterocycles. The van der Waals surface area contributed by atoms with Gasteiger partial charge in [0.05, 0.1) is 6.04 Å². The zero-order valence-corrected chi connectivity index (χ0v) is 11.9. The summed E-state index contributed by atoms with van der Waals surface area (Å²) in [6.45, 7) is 7.28. The van der Waals surface area contributed by atoms with Crippen molar-refractivity contribution >= 4 is 17.3 Å². The monoisotopic (exact) mass is 263 g/mol. The van der Waals surface area contributed by atoms with Gasteiger partial charge in [-0.05, 0) is 12.5 Å². The third-order valence-corrected chi connectivity index (χ3v) is 5.37. The molecule has 104 valence electrons. The van der Waals surface area contributed by atoms with Crippen LogP contribution in [-0.2, 0) is 14.4 Å². The molecule has 0 heterocycles. The maximum Gasteiger partial charge on any atom is 0.176 e. The van der Waals surface area contributed by atoms with E-state index in [0.29, 0.717) is 18.4 Å². The molecule has 0 aromatic carbocycles. The number of Topliss-reactive ketones (excluding diaryl/α,β-unsaturated/α-hetero) is 2. The van der Waals surface area contributed by atoms with E-state index in [-0.39, 0.29) is 17.3 Å². The van der Waals surface area contributed by atoms with Gasteiger partial charge < -0.3 is 5.73 Å². The Balaban J connectivity index is 2.53. The van der Waals surface area contributed by atoms with Crippen molar-refractivity contribution in [2.75, 3.05) is 0 Å². The van der Waals surface area contributed by atoms with Crippen LogP contribution in [0.15, 0.2) is 11.6 Å². The summed E-state index contributed by atoms with van der Waals surface area (Å²) in [5.74, 6) is -0.626. The predicted octanol–water partition coefficient (Wildman–Crippen LogP) is 1.42. The van der Waals surface area contributed by atoms with Crippen molar-refractivity contribution in [3.63, 3.8) is 0 Å². The molecule has 0 bridgehead atoms. The van der Waals surface area contributed by atoms with E-state index in [4.69, 9.17) is 5.73 Å². The summed E-state index contributed by atoms with van der Waals surface area (Å²) in [6, 6.07) is -0.782. The molecular formula is C15H21NO3. The van der Waals surface area contributed by atoms with Crippen molar-refractivity contribution in [2.45, 2.75) is 46.6 Å². The molecule has 0 aromatic rings. The van der Waals surface area contributed by atoms with Gasteiger partial charge >= 0.3 is 0 Å². The molecule has 0 aromatic heterocycles. The van der Waals surface area contributed by atoms with Gasteiger partial charge in [0.2, 0.25) is 0 Å². The molecule has 2 aliphatic carbocycles. The number of carbonyl (C=O) groups excluding carboxylic acids is 3. The van der Waals surface area contributed by atoms with E-state index in [1.54, 1.807) is 6.92 Å². The van der Waals surface area contributed by atoms with Crippen LogP contribution < -0.4 is 5.73 Å². The highest BCUT2D eigenvalue weighted by Crippen LogP contribution is 2.55. The molecule has 19 heavy (non-hydrogen) atoms. The zero-order chi connectivity index (χ0) is 14.6. The summed E-state index contributed by atoms with van der Waals surface area (Å²) < 4.78 is 0. The second-order valence-electron chi connectivity index (χ2n) is 6.52. The fourth-order valence-electron chi connectivity index (χ4n) is 3.13. The second-order valence-corrected chi connectivity index (χ2v) is 6.52. The van der Waals surface area contributed by atoms with Gasteiger partial charge in [0.1, 0.15) is 5.78 Å². The van der Waals surface area contributed by atoms with Crippen LogP contribution in [0, 0.1) is 16.7 Å². The normalized spacial score (nSPS) is 38.6. The zero-order valence-electron chi connectivity index (χ0n) is 11.9. The molecule has 2 aliphatic rings. The van der Waals surface area contributed by atoms with Crippen molar-refractivity contribution in [1.82, 2.24) is 0 Å². The van der Waals surface area contributed by atoms with Crippen LogP contribution in [0.5, 0.6) is 0 Å². The van der Waals surface area contributed by atoms with Crippen LogP contribution in [-0.4, -0.2) is 23.4 Å². The van der Waals surface area contributed by atoms with E-state index in [9.17, 15) is 14.4 Å². The predicted molar refractivity (Wildman–Crippen MR) is 71.4 cm³/mol. The minimum absolute atomic E-state index is 0.113. The van der Waals surface area contributed by atoms with Crippen LogP contribution in [0.1, 0.15) is 40.5 Å². The molecule has 2 rings (SSSR count). The molecule has 4 nitrogen and oxygen atoms in total. The molecule has 0 saturated heterocycles. The van der Waals surface area contributed by atoms with Crippen molar-refractivity contribution in [3.05, 3.63) is 11.6 Å². The minimum atomic E-state index is -0.782. The summed E-state index contributed by atoms with van der Waals surface area (Å²) in [7, 11) is 0. The largest absolute Gasteiger partial charge is 0.321 e. The van der Waals surface area contributed by atoms with Crippen molar-refractivity contribution in [2.24, 2.45) is 22.5 Å². The highest BCUT2D eigenvalue weighted by molar-refractivity contribution is 6.13. The van der Waals surface area contributed by atoms with Crippen LogP contribution in [0.3, 0.4) is 0 Å². The van der Waals surface area contributed by atoms with Gasteiger partial charge in [-0.15, -0.1) is 0 Å². The Bertz CT molecular complexity index is 504. The fraction of sp³-hybridized carbons (Fsp3) is 0.667. The first-order valence-corrected chi connectivity index (χ1v) is 6.72. The first kappa shape index (κ1) is 14.1. The number of allylic oxidation sites excluding steroid dienone is 1. The van der Waals surface area contributed by atoms with E-state index in [1.165, 1.54) is 6.08 Å². The van der Waals surface area contributed by atoms with E-state index in [2.05, 4.69) is 0 Å². The highest BCUT2D eigenvalue weighted by Gasteiger charge is 2.56. The quantitative estimate of drug-likeness (QED) is 0.776. The lowest BCUT2D eigenvalue weighted by Gasteiger charge is -2.41. The van der Waals surface area contributed by atoms with E-state index >= 15 is 0 Å². The van der Waals surface area contributed by atoms with Gasteiger partial charge in [-0.1, -0.05) is 27.7 Å². The average molecular weight is 263 g/mol. The molecule has 0 spiro atoms. The first-order chi connectivity index (χ1) is 8.63. The Labute approximate surface area is 113 Å². The van der Waals surface area contributed by atoms with Crippen LogP contribution in [0.2, 0.25) is 0 Å². The van der Waals surface area contributed by atoms with Crippen molar-refractivity contribution < 1.29 is 14.4 Å². The topological polar surface area (TPSA) is 77.2 Å². The number of hydrogen-bond acceptors (Lipinski definition) is 4. The third kappa shape index (κ3) is 1.73. The summed E-state index contributed by atoms with van der Waals surface area (Å²) in [5.41, 5.74) is 5.08. The molecular weight excluding hydrogens is 242 g/mol. The van der Waals surface area contributed by atoms with Crippen molar-refractivity contribution in [3.8, 4) is 0 Å². The maximum atomic E-state index is 12.4. The number of carbonyl (C=O) groups is 3. The van der Waals surface area contributed by atoms with Gasteiger partial charge in [0.15, 0.2) is 11.6 Å². The Hall–Kier alpha value is -1.29. The molecule has 2 N–H and O–H groups in total. The molecule has 1 saturated carbocycles. The van der Waals surface area contributed by atoms with Crippen molar-refractivity contribution in [1.29, 1.82) is 0 Å². The Morgan fingerprint density at radius 1 is 1.21 bits per heavy atom. The van der Waals surface area contributed by atoms with Gasteiger partial charge in [0, 0.05) is 28.7 Å². The summed E-state index contributed by atoms with van der Waals surface area (Å²) in [6.07, 6.45) is 2.48. The fourth-order valence-corrected chi connectivity index (χ4v) is 3.13. The molecule has 4 heteroatoms. The Kier molecular flexibility index (Phi) is 3.05. The first-order valence-electron chi connectivity index (χ1n) is 6.72. The molecule has 1 fully saturated rings. The Morgan fingerprint density at radius 2 is 1.79 bits per heavy atom. The smallest absolute Gasteiger partial charge is 0.176 e. The number of nitrogens with two attached hydrogens (primary N) is 1. The van der Waals surface area contributed by atoms with Crippen LogP contribution in [0.4, 0.5) is 0 Å². The minimum Gasteiger partial charge on any atom is -0.321 e.